The van der Waals surface area contributed by atoms with Crippen molar-refractivity contribution in [3.63, 3.8) is 0 Å². The zero-order chi connectivity index (χ0) is 19.4. The third kappa shape index (κ3) is 6.89. The topological polar surface area (TPSA) is 38.8 Å². The first-order chi connectivity index (χ1) is 12.6. The highest BCUT2D eigenvalue weighted by Gasteiger charge is 2.23. The normalized spacial score (nSPS) is 10.8. The second kappa shape index (κ2) is 12.6. The highest BCUT2D eigenvalue weighted by Crippen LogP contribution is 2.29. The van der Waals surface area contributed by atoms with E-state index >= 15 is 0 Å². The lowest BCUT2D eigenvalue weighted by atomic mass is 10.00. The number of hydrogen-bond donors (Lipinski definition) is 0. The van der Waals surface area contributed by atoms with Crippen LogP contribution >= 0.6 is 0 Å². The van der Waals surface area contributed by atoms with E-state index < -0.39 is 0 Å². The maximum Gasteiger partial charge on any atom is 0.223 e. The van der Waals surface area contributed by atoms with Crippen molar-refractivity contribution in [2.75, 3.05) is 14.2 Å². The molecular formula is C22H37NO3. The van der Waals surface area contributed by atoms with E-state index in [0.717, 1.165) is 56.3 Å². The number of benzene rings is 1. The van der Waals surface area contributed by atoms with Crippen LogP contribution in [0.4, 0.5) is 0 Å². The van der Waals surface area contributed by atoms with E-state index in [1.165, 1.54) is 0 Å². The highest BCUT2D eigenvalue weighted by molar-refractivity contribution is 5.76. The Labute approximate surface area is 159 Å². The maximum atomic E-state index is 12.9. The van der Waals surface area contributed by atoms with Gasteiger partial charge in [-0.1, -0.05) is 52.5 Å². The first kappa shape index (κ1) is 22.3. The number of unbranched alkanes of at least 4 members (excludes halogenated alkanes) is 2. The van der Waals surface area contributed by atoms with Crippen LogP contribution in [-0.2, 0) is 11.3 Å². The molecule has 1 amide bonds. The summed E-state index contributed by atoms with van der Waals surface area (Å²) in [6, 6.07) is 6.26. The quantitative estimate of drug-likeness (QED) is 0.459. The smallest absolute Gasteiger partial charge is 0.223 e. The SMILES string of the molecule is CCCCC(CCCC)N(Cc1ccc(OC)c(OC)c1)C(=O)CCC. The van der Waals surface area contributed by atoms with Crippen molar-refractivity contribution in [2.24, 2.45) is 0 Å². The summed E-state index contributed by atoms with van der Waals surface area (Å²) in [7, 11) is 3.28. The largest absolute Gasteiger partial charge is 0.493 e. The van der Waals surface area contributed by atoms with Gasteiger partial charge in [0, 0.05) is 19.0 Å². The molecule has 0 atom stereocenters. The Kier molecular flexibility index (Phi) is 10.8. The van der Waals surface area contributed by atoms with Gasteiger partial charge in [0.05, 0.1) is 14.2 Å². The van der Waals surface area contributed by atoms with E-state index in [-0.39, 0.29) is 5.91 Å². The molecule has 0 N–H and O–H groups in total. The summed E-state index contributed by atoms with van der Waals surface area (Å²) in [4.78, 5) is 15.0. The third-order valence-corrected chi connectivity index (χ3v) is 4.81. The molecule has 26 heavy (non-hydrogen) atoms. The molecule has 0 aliphatic rings. The molecule has 148 valence electrons. The molecule has 0 bridgehead atoms. The summed E-state index contributed by atoms with van der Waals surface area (Å²) in [6.45, 7) is 7.13. The Morgan fingerprint density at radius 2 is 1.58 bits per heavy atom. The maximum absolute atomic E-state index is 12.9. The molecule has 0 saturated carbocycles. The summed E-state index contributed by atoms with van der Waals surface area (Å²) in [5, 5.41) is 0. The second-order valence-electron chi connectivity index (χ2n) is 6.90. The van der Waals surface area contributed by atoms with E-state index in [1.807, 2.05) is 18.2 Å². The summed E-state index contributed by atoms with van der Waals surface area (Å²) in [5.74, 6) is 1.70. The van der Waals surface area contributed by atoms with Gasteiger partial charge in [-0.2, -0.15) is 0 Å². The van der Waals surface area contributed by atoms with Gasteiger partial charge < -0.3 is 14.4 Å². The summed E-state index contributed by atoms with van der Waals surface area (Å²) in [6.07, 6.45) is 8.31. The van der Waals surface area contributed by atoms with Gasteiger partial charge in [-0.15, -0.1) is 0 Å². The zero-order valence-electron chi connectivity index (χ0n) is 17.3. The van der Waals surface area contributed by atoms with Crippen LogP contribution in [0, 0.1) is 0 Å². The average Bonchev–Trinajstić information content (AvgIpc) is 2.66. The second-order valence-corrected chi connectivity index (χ2v) is 6.90. The number of nitrogens with zero attached hydrogens (tertiary/aromatic N) is 1. The van der Waals surface area contributed by atoms with Crippen LogP contribution in [0.2, 0.25) is 0 Å². The first-order valence-corrected chi connectivity index (χ1v) is 10.1. The van der Waals surface area contributed by atoms with Crippen LogP contribution < -0.4 is 9.47 Å². The Hall–Kier alpha value is -1.71. The monoisotopic (exact) mass is 363 g/mol. The van der Waals surface area contributed by atoms with Crippen LogP contribution in [0.5, 0.6) is 11.5 Å². The first-order valence-electron chi connectivity index (χ1n) is 10.1. The number of ether oxygens (including phenoxy) is 2. The molecular weight excluding hydrogens is 326 g/mol. The Morgan fingerprint density at radius 3 is 2.08 bits per heavy atom. The van der Waals surface area contributed by atoms with Crippen molar-refractivity contribution in [3.8, 4) is 11.5 Å². The van der Waals surface area contributed by atoms with Gasteiger partial charge in [-0.25, -0.2) is 0 Å². The average molecular weight is 364 g/mol. The van der Waals surface area contributed by atoms with Crippen LogP contribution in [-0.4, -0.2) is 31.1 Å². The van der Waals surface area contributed by atoms with E-state index in [2.05, 4.69) is 25.7 Å². The zero-order valence-corrected chi connectivity index (χ0v) is 17.3. The lowest BCUT2D eigenvalue weighted by Crippen LogP contribution is -2.39. The molecule has 4 heteroatoms. The minimum Gasteiger partial charge on any atom is -0.493 e. The van der Waals surface area contributed by atoms with E-state index in [4.69, 9.17) is 9.47 Å². The van der Waals surface area contributed by atoms with E-state index in [9.17, 15) is 4.79 Å². The van der Waals surface area contributed by atoms with Crippen LogP contribution in [0.15, 0.2) is 18.2 Å². The van der Waals surface area contributed by atoms with Crippen molar-refractivity contribution in [3.05, 3.63) is 23.8 Å². The van der Waals surface area contributed by atoms with Gasteiger partial charge in [0.25, 0.3) is 0 Å². The number of carbonyl (C=O) groups excluding carboxylic acids is 1. The summed E-state index contributed by atoms with van der Waals surface area (Å²) < 4.78 is 10.8. The highest BCUT2D eigenvalue weighted by atomic mass is 16.5. The third-order valence-electron chi connectivity index (χ3n) is 4.81. The van der Waals surface area contributed by atoms with Crippen molar-refractivity contribution in [1.82, 2.24) is 4.90 Å². The number of rotatable bonds is 13. The number of methoxy groups -OCH3 is 2. The molecule has 0 fully saturated rings. The molecule has 1 rings (SSSR count). The lowest BCUT2D eigenvalue weighted by Gasteiger charge is -2.32. The van der Waals surface area contributed by atoms with Crippen molar-refractivity contribution in [1.29, 1.82) is 0 Å². The Morgan fingerprint density at radius 1 is 0.962 bits per heavy atom. The Bertz CT molecular complexity index is 522. The molecule has 1 aromatic carbocycles. The minimum absolute atomic E-state index is 0.263. The number of amides is 1. The van der Waals surface area contributed by atoms with Gasteiger partial charge in [0.2, 0.25) is 5.91 Å². The van der Waals surface area contributed by atoms with Crippen molar-refractivity contribution >= 4 is 5.91 Å². The summed E-state index contributed by atoms with van der Waals surface area (Å²) in [5.41, 5.74) is 1.09. The molecule has 4 nitrogen and oxygen atoms in total. The number of hydrogen-bond acceptors (Lipinski definition) is 3. The predicted octanol–water partition coefficient (Wildman–Crippen LogP) is 5.58. The van der Waals surface area contributed by atoms with E-state index in [1.54, 1.807) is 14.2 Å². The van der Waals surface area contributed by atoms with Gasteiger partial charge in [-0.05, 0) is 37.0 Å². The lowest BCUT2D eigenvalue weighted by molar-refractivity contribution is -0.134. The van der Waals surface area contributed by atoms with Crippen molar-refractivity contribution in [2.45, 2.75) is 84.7 Å². The molecule has 1 aromatic rings. The molecule has 0 heterocycles. The predicted molar refractivity (Wildman–Crippen MR) is 108 cm³/mol. The van der Waals surface area contributed by atoms with Gasteiger partial charge in [-0.3, -0.25) is 4.79 Å². The molecule has 0 aliphatic heterocycles. The van der Waals surface area contributed by atoms with Crippen LogP contribution in [0.1, 0.15) is 77.7 Å². The molecule has 0 radical (unpaired) electrons. The summed E-state index contributed by atoms with van der Waals surface area (Å²) >= 11 is 0. The molecule has 0 unspecified atom stereocenters. The fraction of sp³-hybridized carbons (Fsp3) is 0.682. The van der Waals surface area contributed by atoms with E-state index in [0.29, 0.717) is 24.8 Å². The fourth-order valence-corrected chi connectivity index (χ4v) is 3.29. The van der Waals surface area contributed by atoms with Crippen LogP contribution in [0.3, 0.4) is 0 Å². The van der Waals surface area contributed by atoms with Gasteiger partial charge in [0.15, 0.2) is 11.5 Å². The van der Waals surface area contributed by atoms with Crippen molar-refractivity contribution < 1.29 is 14.3 Å². The molecule has 0 saturated heterocycles. The molecule has 0 aliphatic carbocycles. The molecule has 0 spiro atoms. The standard InChI is InChI=1S/C22H37NO3/c1-6-9-12-19(13-10-7-2)23(22(24)11-8-3)17-18-14-15-20(25-4)21(16-18)26-5/h14-16,19H,6-13,17H2,1-5H3. The fourth-order valence-electron chi connectivity index (χ4n) is 3.29. The molecule has 0 aromatic heterocycles. The minimum atomic E-state index is 0.263. The van der Waals surface area contributed by atoms with Crippen LogP contribution in [0.25, 0.3) is 0 Å². The van der Waals surface area contributed by atoms with Gasteiger partial charge in [0.1, 0.15) is 0 Å². The Balaban J connectivity index is 3.05. The number of carbonyl (C=O) groups is 1. The van der Waals surface area contributed by atoms with Gasteiger partial charge >= 0.3 is 0 Å².